The van der Waals surface area contributed by atoms with Crippen LogP contribution >= 0.6 is 0 Å². The van der Waals surface area contributed by atoms with Gasteiger partial charge in [-0.2, -0.15) is 0 Å². The van der Waals surface area contributed by atoms with Crippen LogP contribution in [0, 0.1) is 5.82 Å². The molecular formula is C17H19FN2O3. The lowest BCUT2D eigenvalue weighted by atomic mass is 10.2. The molecule has 0 atom stereocenters. The summed E-state index contributed by atoms with van der Waals surface area (Å²) in [5, 5.41) is 10.9. The third-order valence-electron chi connectivity index (χ3n) is 3.19. The van der Waals surface area contributed by atoms with Crippen LogP contribution in [0.4, 0.5) is 10.1 Å². The Balaban J connectivity index is 0.000000185. The molecule has 0 bridgehead atoms. The monoisotopic (exact) mass is 318 g/mol. The van der Waals surface area contributed by atoms with E-state index in [1.54, 1.807) is 24.3 Å². The average Bonchev–Trinajstić information content (AvgIpc) is 2.57. The molecule has 3 rings (SSSR count). The van der Waals surface area contributed by atoms with Crippen LogP contribution in [0.15, 0.2) is 48.5 Å². The van der Waals surface area contributed by atoms with Crippen molar-refractivity contribution >= 4 is 12.0 Å². The van der Waals surface area contributed by atoms with Crippen molar-refractivity contribution in [2.24, 2.45) is 0 Å². The van der Waals surface area contributed by atoms with Gasteiger partial charge in [0.25, 0.3) is 0 Å². The fourth-order valence-corrected chi connectivity index (χ4v) is 2.00. The minimum absolute atomic E-state index is 0.0347. The molecule has 1 saturated heterocycles. The molecule has 0 spiro atoms. The number of aldehydes is 1. The number of morpholine rings is 1. The van der Waals surface area contributed by atoms with Gasteiger partial charge >= 0.3 is 0 Å². The first-order chi connectivity index (χ1) is 11.2. The molecule has 0 unspecified atom stereocenters. The van der Waals surface area contributed by atoms with Crippen LogP contribution in [0.1, 0.15) is 10.4 Å². The second-order valence-corrected chi connectivity index (χ2v) is 4.90. The maximum Gasteiger partial charge on any atom is 0.153 e. The number of benzene rings is 2. The number of hydrazine groups is 1. The first-order valence-corrected chi connectivity index (χ1v) is 7.27. The van der Waals surface area contributed by atoms with E-state index in [1.165, 1.54) is 18.2 Å². The van der Waals surface area contributed by atoms with Gasteiger partial charge in [-0.15, -0.1) is 0 Å². The number of anilines is 1. The average molecular weight is 318 g/mol. The molecule has 0 aromatic heterocycles. The number of halogens is 1. The Hall–Kier alpha value is -2.44. The molecule has 2 aromatic rings. The third kappa shape index (κ3) is 5.69. The number of hydrogen-bond donors (Lipinski definition) is 2. The first-order valence-electron chi connectivity index (χ1n) is 7.27. The number of ether oxygens (including phenoxy) is 1. The van der Waals surface area contributed by atoms with E-state index in [0.717, 1.165) is 32.0 Å². The van der Waals surface area contributed by atoms with Gasteiger partial charge in [-0.3, -0.25) is 4.79 Å². The van der Waals surface area contributed by atoms with Crippen LogP contribution < -0.4 is 5.43 Å². The number of aromatic hydroxyl groups is 1. The number of rotatable bonds is 3. The molecule has 23 heavy (non-hydrogen) atoms. The summed E-state index contributed by atoms with van der Waals surface area (Å²) in [5.74, 6) is -0.184. The molecule has 2 aromatic carbocycles. The number of nitrogens with zero attached hydrogens (tertiary/aromatic N) is 1. The van der Waals surface area contributed by atoms with Crippen molar-refractivity contribution in [3.63, 3.8) is 0 Å². The van der Waals surface area contributed by atoms with Crippen molar-refractivity contribution in [1.82, 2.24) is 5.01 Å². The number of carbonyl (C=O) groups is 1. The Bertz CT molecular complexity index is 631. The summed E-state index contributed by atoms with van der Waals surface area (Å²) in [7, 11) is 0. The summed E-state index contributed by atoms with van der Waals surface area (Å²) in [6, 6.07) is 12.9. The Labute approximate surface area is 134 Å². The van der Waals surface area contributed by atoms with Crippen molar-refractivity contribution < 1.29 is 19.0 Å². The lowest BCUT2D eigenvalue weighted by molar-refractivity contribution is 0.0497. The summed E-state index contributed by atoms with van der Waals surface area (Å²) in [6.07, 6.45) is 0.620. The fraction of sp³-hybridized carbons (Fsp3) is 0.235. The van der Waals surface area contributed by atoms with Gasteiger partial charge in [-0.05, 0) is 30.3 Å². The normalized spacial score (nSPS) is 14.5. The standard InChI is InChI=1S/C10H13FN2O.C7H6O2/c11-9-2-1-3-10(8-9)12-13-4-6-14-7-5-13;8-5-6-3-1-2-4-7(6)9/h1-3,8,12H,4-7H2;1-5,9H. The van der Waals surface area contributed by atoms with Crippen molar-refractivity contribution in [3.05, 3.63) is 59.9 Å². The number of carbonyl (C=O) groups excluding carboxylic acids is 1. The van der Waals surface area contributed by atoms with E-state index in [4.69, 9.17) is 9.84 Å². The number of nitrogens with one attached hydrogen (secondary N) is 1. The Morgan fingerprint density at radius 1 is 1.13 bits per heavy atom. The van der Waals surface area contributed by atoms with E-state index in [1.807, 2.05) is 11.1 Å². The highest BCUT2D eigenvalue weighted by molar-refractivity contribution is 5.78. The summed E-state index contributed by atoms with van der Waals surface area (Å²) in [4.78, 5) is 10.1. The molecule has 122 valence electrons. The van der Waals surface area contributed by atoms with Crippen LogP contribution in [0.2, 0.25) is 0 Å². The molecule has 1 aliphatic heterocycles. The molecule has 1 fully saturated rings. The highest BCUT2D eigenvalue weighted by Gasteiger charge is 2.09. The second kappa shape index (κ2) is 8.87. The van der Waals surface area contributed by atoms with Crippen molar-refractivity contribution in [2.45, 2.75) is 0 Å². The van der Waals surface area contributed by atoms with Crippen molar-refractivity contribution in [2.75, 3.05) is 31.7 Å². The highest BCUT2D eigenvalue weighted by atomic mass is 19.1. The van der Waals surface area contributed by atoms with Gasteiger partial charge < -0.3 is 15.3 Å². The zero-order chi connectivity index (χ0) is 16.5. The lowest BCUT2D eigenvalue weighted by Crippen LogP contribution is -2.40. The lowest BCUT2D eigenvalue weighted by Gasteiger charge is -2.27. The van der Waals surface area contributed by atoms with E-state index in [2.05, 4.69) is 5.43 Å². The quantitative estimate of drug-likeness (QED) is 0.852. The Morgan fingerprint density at radius 2 is 1.87 bits per heavy atom. The van der Waals surface area contributed by atoms with E-state index in [0.29, 0.717) is 11.8 Å². The van der Waals surface area contributed by atoms with Crippen molar-refractivity contribution in [3.8, 4) is 5.75 Å². The predicted octanol–water partition coefficient (Wildman–Crippen LogP) is 2.69. The molecule has 0 aliphatic carbocycles. The van der Waals surface area contributed by atoms with Gasteiger partial charge in [0.05, 0.1) is 24.5 Å². The highest BCUT2D eigenvalue weighted by Crippen LogP contribution is 2.12. The van der Waals surface area contributed by atoms with Crippen LogP contribution in [0.25, 0.3) is 0 Å². The topological polar surface area (TPSA) is 61.8 Å². The molecule has 5 nitrogen and oxygen atoms in total. The summed E-state index contributed by atoms with van der Waals surface area (Å²) in [6.45, 7) is 3.11. The van der Waals surface area contributed by atoms with Crippen LogP contribution in [-0.4, -0.2) is 42.7 Å². The minimum atomic E-state index is -0.219. The van der Waals surface area contributed by atoms with Gasteiger partial charge in [-0.1, -0.05) is 18.2 Å². The molecule has 2 N–H and O–H groups in total. The number of para-hydroxylation sites is 1. The maximum absolute atomic E-state index is 12.8. The predicted molar refractivity (Wildman–Crippen MR) is 85.9 cm³/mol. The fourth-order valence-electron chi connectivity index (χ4n) is 2.00. The SMILES string of the molecule is Fc1cccc(NN2CCOCC2)c1.O=Cc1ccccc1O. The number of hydrogen-bond acceptors (Lipinski definition) is 5. The molecule has 1 heterocycles. The van der Waals surface area contributed by atoms with Gasteiger partial charge in [-0.25, -0.2) is 9.40 Å². The summed E-state index contributed by atoms with van der Waals surface area (Å²) >= 11 is 0. The van der Waals surface area contributed by atoms with Gasteiger partial charge in [0, 0.05) is 13.1 Å². The largest absolute Gasteiger partial charge is 0.507 e. The second-order valence-electron chi connectivity index (χ2n) is 4.90. The van der Waals surface area contributed by atoms with Gasteiger partial charge in [0.15, 0.2) is 6.29 Å². The molecule has 1 aliphatic rings. The van der Waals surface area contributed by atoms with E-state index in [-0.39, 0.29) is 11.6 Å². The number of phenolic OH excluding ortho intramolecular Hbond substituents is 1. The molecule has 6 heteroatoms. The Morgan fingerprint density at radius 3 is 2.48 bits per heavy atom. The molecule has 0 amide bonds. The van der Waals surface area contributed by atoms with Crippen LogP contribution in [0.3, 0.4) is 0 Å². The zero-order valence-electron chi connectivity index (χ0n) is 12.6. The first kappa shape index (κ1) is 16.9. The van der Waals surface area contributed by atoms with E-state index < -0.39 is 0 Å². The molecular weight excluding hydrogens is 299 g/mol. The van der Waals surface area contributed by atoms with Crippen LogP contribution in [-0.2, 0) is 4.74 Å². The molecule has 0 radical (unpaired) electrons. The Kier molecular flexibility index (Phi) is 6.53. The van der Waals surface area contributed by atoms with E-state index >= 15 is 0 Å². The third-order valence-corrected chi connectivity index (χ3v) is 3.19. The zero-order valence-corrected chi connectivity index (χ0v) is 12.6. The van der Waals surface area contributed by atoms with E-state index in [9.17, 15) is 9.18 Å². The smallest absolute Gasteiger partial charge is 0.153 e. The van der Waals surface area contributed by atoms with Crippen molar-refractivity contribution in [1.29, 1.82) is 0 Å². The minimum Gasteiger partial charge on any atom is -0.507 e. The molecule has 0 saturated carbocycles. The van der Waals surface area contributed by atoms with Gasteiger partial charge in [0.1, 0.15) is 11.6 Å². The maximum atomic E-state index is 12.8. The van der Waals surface area contributed by atoms with Gasteiger partial charge in [0.2, 0.25) is 0 Å². The van der Waals surface area contributed by atoms with Crippen LogP contribution in [0.5, 0.6) is 5.75 Å². The number of phenols is 1. The summed E-state index contributed by atoms with van der Waals surface area (Å²) < 4.78 is 18.0. The summed E-state index contributed by atoms with van der Waals surface area (Å²) in [5.41, 5.74) is 4.25.